The van der Waals surface area contributed by atoms with Gasteiger partial charge < -0.3 is 14.4 Å². The number of thiophene rings is 1. The Hall–Kier alpha value is -3.35. The third-order valence-electron chi connectivity index (χ3n) is 6.46. The lowest BCUT2D eigenvalue weighted by atomic mass is 10.1. The van der Waals surface area contributed by atoms with Crippen LogP contribution in [0.25, 0.3) is 16.9 Å². The Bertz CT molecular complexity index is 1370. The highest BCUT2D eigenvalue weighted by Gasteiger charge is 2.28. The lowest BCUT2D eigenvalue weighted by molar-refractivity contribution is 0.0537. The molecule has 3 heterocycles. The Labute approximate surface area is 214 Å². The van der Waals surface area contributed by atoms with E-state index in [1.807, 2.05) is 70.6 Å². The highest BCUT2D eigenvalue weighted by atomic mass is 35.5. The SMILES string of the molecule is Cc1cccc(-n2c(-c3ccc(Cl)cc3)cc(C(=O)N3CCN(C(=O)c4cccs4)CC3)c2C)c1. The number of aromatic nitrogens is 1. The highest BCUT2D eigenvalue weighted by molar-refractivity contribution is 7.12. The number of halogens is 1. The maximum Gasteiger partial charge on any atom is 0.264 e. The molecule has 0 N–H and O–H groups in total. The summed E-state index contributed by atoms with van der Waals surface area (Å²) in [5.74, 6) is 0.0336. The molecule has 35 heavy (non-hydrogen) atoms. The van der Waals surface area contributed by atoms with Crippen molar-refractivity contribution in [3.05, 3.63) is 98.8 Å². The van der Waals surface area contributed by atoms with Crippen molar-refractivity contribution in [2.24, 2.45) is 0 Å². The van der Waals surface area contributed by atoms with Gasteiger partial charge in [-0.3, -0.25) is 9.59 Å². The summed E-state index contributed by atoms with van der Waals surface area (Å²) in [6.45, 7) is 6.15. The van der Waals surface area contributed by atoms with E-state index < -0.39 is 0 Å². The first-order valence-electron chi connectivity index (χ1n) is 11.6. The van der Waals surface area contributed by atoms with Gasteiger partial charge in [0.2, 0.25) is 0 Å². The molecular weight excluding hydrogens is 478 g/mol. The van der Waals surface area contributed by atoms with Gasteiger partial charge in [0.05, 0.1) is 16.1 Å². The highest BCUT2D eigenvalue weighted by Crippen LogP contribution is 2.31. The second-order valence-electron chi connectivity index (χ2n) is 8.77. The quantitative estimate of drug-likeness (QED) is 0.339. The molecule has 4 aromatic rings. The van der Waals surface area contributed by atoms with Crippen molar-refractivity contribution >= 4 is 34.8 Å². The number of rotatable bonds is 4. The Morgan fingerprint density at radius 2 is 1.51 bits per heavy atom. The Balaban J connectivity index is 1.45. The first kappa shape index (κ1) is 23.4. The largest absolute Gasteiger partial charge is 0.335 e. The van der Waals surface area contributed by atoms with Gasteiger partial charge in [-0.25, -0.2) is 0 Å². The predicted octanol–water partition coefficient (Wildman–Crippen LogP) is 6.07. The Kier molecular flexibility index (Phi) is 6.50. The maximum atomic E-state index is 13.7. The number of hydrogen-bond acceptors (Lipinski definition) is 3. The predicted molar refractivity (Wildman–Crippen MR) is 142 cm³/mol. The number of aryl methyl sites for hydroxylation is 1. The molecule has 1 aliphatic rings. The minimum absolute atomic E-state index is 0.00709. The maximum absolute atomic E-state index is 13.7. The van der Waals surface area contributed by atoms with Gasteiger partial charge in [0.25, 0.3) is 11.8 Å². The molecule has 0 unspecified atom stereocenters. The van der Waals surface area contributed by atoms with Crippen LogP contribution in [0.2, 0.25) is 5.02 Å². The van der Waals surface area contributed by atoms with Crippen LogP contribution >= 0.6 is 22.9 Å². The molecule has 5 rings (SSSR count). The summed E-state index contributed by atoms with van der Waals surface area (Å²) in [6.07, 6.45) is 0. The molecule has 1 fully saturated rings. The van der Waals surface area contributed by atoms with Gasteiger partial charge in [-0.1, -0.05) is 41.9 Å². The van der Waals surface area contributed by atoms with E-state index >= 15 is 0 Å². The minimum Gasteiger partial charge on any atom is -0.335 e. The van der Waals surface area contributed by atoms with Gasteiger partial charge >= 0.3 is 0 Å². The fourth-order valence-electron chi connectivity index (χ4n) is 4.60. The second kappa shape index (κ2) is 9.72. The topological polar surface area (TPSA) is 45.6 Å². The zero-order chi connectivity index (χ0) is 24.5. The fourth-order valence-corrected chi connectivity index (χ4v) is 5.41. The van der Waals surface area contributed by atoms with E-state index in [1.165, 1.54) is 11.3 Å². The third-order valence-corrected chi connectivity index (χ3v) is 7.57. The van der Waals surface area contributed by atoms with E-state index in [2.05, 4.69) is 29.7 Å². The van der Waals surface area contributed by atoms with Crippen molar-refractivity contribution in [3.8, 4) is 16.9 Å². The number of benzene rings is 2. The molecule has 5 nitrogen and oxygen atoms in total. The molecule has 7 heteroatoms. The zero-order valence-corrected chi connectivity index (χ0v) is 21.3. The number of hydrogen-bond donors (Lipinski definition) is 0. The summed E-state index contributed by atoms with van der Waals surface area (Å²) in [6, 6.07) is 21.7. The van der Waals surface area contributed by atoms with Crippen LogP contribution in [0.15, 0.2) is 72.1 Å². The zero-order valence-electron chi connectivity index (χ0n) is 19.7. The molecular formula is C28H26ClN3O2S. The molecule has 0 radical (unpaired) electrons. The monoisotopic (exact) mass is 503 g/mol. The van der Waals surface area contributed by atoms with E-state index in [1.54, 1.807) is 0 Å². The van der Waals surface area contributed by atoms with Crippen LogP contribution in [0.3, 0.4) is 0 Å². The van der Waals surface area contributed by atoms with E-state index in [0.29, 0.717) is 36.8 Å². The molecule has 1 saturated heterocycles. The molecule has 0 saturated carbocycles. The average Bonchev–Trinajstić information content (AvgIpc) is 3.52. The van der Waals surface area contributed by atoms with E-state index in [0.717, 1.165) is 33.1 Å². The van der Waals surface area contributed by atoms with Gasteiger partial charge in [0.15, 0.2) is 0 Å². The van der Waals surface area contributed by atoms with E-state index in [4.69, 9.17) is 11.6 Å². The second-order valence-corrected chi connectivity index (χ2v) is 10.2. The van der Waals surface area contributed by atoms with Crippen molar-refractivity contribution in [3.63, 3.8) is 0 Å². The van der Waals surface area contributed by atoms with Crippen LogP contribution in [0.4, 0.5) is 0 Å². The van der Waals surface area contributed by atoms with Crippen LogP contribution in [-0.4, -0.2) is 52.4 Å². The van der Waals surface area contributed by atoms with Crippen molar-refractivity contribution < 1.29 is 9.59 Å². The molecule has 2 aromatic heterocycles. The summed E-state index contributed by atoms with van der Waals surface area (Å²) in [5, 5.41) is 2.58. The third kappa shape index (κ3) is 4.64. The molecule has 178 valence electrons. The first-order chi connectivity index (χ1) is 16.9. The summed E-state index contributed by atoms with van der Waals surface area (Å²) in [4.78, 5) is 30.8. The summed E-state index contributed by atoms with van der Waals surface area (Å²) < 4.78 is 2.14. The summed E-state index contributed by atoms with van der Waals surface area (Å²) >= 11 is 7.59. The lowest BCUT2D eigenvalue weighted by Crippen LogP contribution is -2.50. The molecule has 0 bridgehead atoms. The van der Waals surface area contributed by atoms with E-state index in [-0.39, 0.29) is 11.8 Å². The molecule has 0 spiro atoms. The smallest absolute Gasteiger partial charge is 0.264 e. The van der Waals surface area contributed by atoms with Crippen molar-refractivity contribution in [1.29, 1.82) is 0 Å². The van der Waals surface area contributed by atoms with Gasteiger partial charge in [-0.15, -0.1) is 11.3 Å². The number of piperazine rings is 1. The van der Waals surface area contributed by atoms with Crippen LogP contribution in [0.1, 0.15) is 31.3 Å². The number of amides is 2. The van der Waals surface area contributed by atoms with Crippen LogP contribution in [-0.2, 0) is 0 Å². The van der Waals surface area contributed by atoms with Crippen LogP contribution < -0.4 is 0 Å². The van der Waals surface area contributed by atoms with Gasteiger partial charge in [0.1, 0.15) is 0 Å². The average molecular weight is 504 g/mol. The van der Waals surface area contributed by atoms with Gasteiger partial charge in [-0.05, 0) is 66.8 Å². The molecule has 0 aliphatic carbocycles. The van der Waals surface area contributed by atoms with Crippen molar-refractivity contribution in [2.45, 2.75) is 13.8 Å². The molecule has 1 aliphatic heterocycles. The molecule has 0 atom stereocenters. The standard InChI is InChI=1S/C28H26ClN3O2S/c1-19-5-3-6-23(17-19)32-20(2)24(18-25(32)21-8-10-22(29)11-9-21)27(33)30-12-14-31(15-13-30)28(34)26-7-4-16-35-26/h3-11,16-18H,12-15H2,1-2H3. The molecule has 2 aromatic carbocycles. The fraction of sp³-hybridized carbons (Fsp3) is 0.214. The minimum atomic E-state index is -0.00709. The summed E-state index contributed by atoms with van der Waals surface area (Å²) in [5.41, 5.74) is 5.66. The van der Waals surface area contributed by atoms with Crippen molar-refractivity contribution in [1.82, 2.24) is 14.4 Å². The molecule has 2 amide bonds. The van der Waals surface area contributed by atoms with Crippen LogP contribution in [0.5, 0.6) is 0 Å². The van der Waals surface area contributed by atoms with Crippen LogP contribution in [0, 0.1) is 13.8 Å². The number of carbonyl (C=O) groups excluding carboxylic acids is 2. The van der Waals surface area contributed by atoms with Crippen molar-refractivity contribution in [2.75, 3.05) is 26.2 Å². The number of nitrogens with zero attached hydrogens (tertiary/aromatic N) is 3. The van der Waals surface area contributed by atoms with Gasteiger partial charge in [-0.2, -0.15) is 0 Å². The normalized spacial score (nSPS) is 13.8. The number of carbonyl (C=O) groups is 2. The van der Waals surface area contributed by atoms with E-state index in [9.17, 15) is 9.59 Å². The lowest BCUT2D eigenvalue weighted by Gasteiger charge is -2.34. The Morgan fingerprint density at radius 1 is 0.829 bits per heavy atom. The Morgan fingerprint density at radius 3 is 2.14 bits per heavy atom. The summed E-state index contributed by atoms with van der Waals surface area (Å²) in [7, 11) is 0. The first-order valence-corrected chi connectivity index (χ1v) is 12.9. The van der Waals surface area contributed by atoms with Gasteiger partial charge in [0, 0.05) is 42.6 Å².